The molecule has 0 aliphatic heterocycles. The van der Waals surface area contributed by atoms with Crippen LogP contribution in [0.3, 0.4) is 0 Å². The molecule has 0 aliphatic rings. The zero-order valence-corrected chi connectivity index (χ0v) is 30.2. The Hall–Kier alpha value is -7.70. The van der Waals surface area contributed by atoms with Gasteiger partial charge < -0.3 is 9.13 Å². The Labute approximate surface area is 322 Å². The molecule has 0 saturated heterocycles. The lowest BCUT2D eigenvalue weighted by Crippen LogP contribution is -2.00. The first-order chi connectivity index (χ1) is 27.8. The molecule has 11 aromatic rings. The molecule has 6 nitrogen and oxygen atoms in total. The monoisotopic (exact) mass is 716 g/mol. The maximum absolute atomic E-state index is 4.95. The van der Waals surface area contributed by atoms with Crippen LogP contribution in [0.4, 0.5) is 0 Å². The van der Waals surface area contributed by atoms with Crippen LogP contribution in [0.2, 0.25) is 0 Å². The van der Waals surface area contributed by atoms with Crippen molar-refractivity contribution >= 4 is 43.7 Å². The largest absolute Gasteiger partial charge is 0.309 e. The fourth-order valence-corrected chi connectivity index (χ4v) is 8.09. The molecule has 0 aliphatic carbocycles. The van der Waals surface area contributed by atoms with Gasteiger partial charge in [0, 0.05) is 50.4 Å². The molecule has 0 radical (unpaired) electrons. The highest BCUT2D eigenvalue weighted by Gasteiger charge is 2.19. The molecule has 11 rings (SSSR count). The first-order valence-corrected chi connectivity index (χ1v) is 18.7. The predicted molar refractivity (Wildman–Crippen MR) is 228 cm³/mol. The molecule has 0 N–H and O–H groups in total. The average molecular weight is 717 g/mol. The molecule has 0 bridgehead atoms. The smallest absolute Gasteiger partial charge is 0.164 e. The molecule has 0 amide bonds. The molecule has 4 aromatic heterocycles. The first kappa shape index (κ1) is 31.8. The van der Waals surface area contributed by atoms with Gasteiger partial charge in [-0.3, -0.25) is 4.98 Å². The third-order valence-corrected chi connectivity index (χ3v) is 10.6. The second-order valence-electron chi connectivity index (χ2n) is 13.9. The van der Waals surface area contributed by atoms with E-state index in [1.807, 2.05) is 72.9 Å². The molecular weight excluding hydrogens is 685 g/mol. The van der Waals surface area contributed by atoms with Crippen molar-refractivity contribution in [2.75, 3.05) is 0 Å². The van der Waals surface area contributed by atoms with E-state index in [4.69, 9.17) is 19.9 Å². The summed E-state index contributed by atoms with van der Waals surface area (Å²) < 4.78 is 4.66. The predicted octanol–water partition coefficient (Wildman–Crippen LogP) is 12.1. The van der Waals surface area contributed by atoms with Crippen molar-refractivity contribution in [3.8, 4) is 56.7 Å². The highest BCUT2D eigenvalue weighted by molar-refractivity contribution is 6.17. The minimum Gasteiger partial charge on any atom is -0.309 e. The van der Waals surface area contributed by atoms with Gasteiger partial charge in [-0.1, -0.05) is 115 Å². The van der Waals surface area contributed by atoms with Gasteiger partial charge in [-0.15, -0.1) is 0 Å². The second-order valence-corrected chi connectivity index (χ2v) is 13.9. The Morgan fingerprint density at radius 1 is 0.339 bits per heavy atom. The number of nitrogens with zero attached hydrogens (tertiary/aromatic N) is 6. The summed E-state index contributed by atoms with van der Waals surface area (Å²) >= 11 is 0. The molecule has 262 valence electrons. The highest BCUT2D eigenvalue weighted by atomic mass is 15.0. The number of fused-ring (bicyclic) bond motifs is 6. The standard InChI is InChI=1S/C50H32N6/c1-4-14-33(15-5-1)48-52-49(34-16-6-2-7-17-34)54-50(53-48)35-25-28-38(29-26-35)56-43-30-27-36(32-41(43)47-45(56)24-13-31-51-47)39-21-12-23-44-46(39)40-20-10-11-22-42(40)55(44)37-18-8-3-9-19-37/h1-32H. The van der Waals surface area contributed by atoms with Crippen LogP contribution in [0.15, 0.2) is 194 Å². The SMILES string of the molecule is c1ccc(-c2nc(-c3ccccc3)nc(-c3ccc(-n4c5ccc(-c6cccc7c6c6ccccc6n7-c6ccccc6)cc5c5ncccc54)cc3)n2)cc1. The molecule has 0 saturated carbocycles. The maximum atomic E-state index is 4.95. The third kappa shape index (κ3) is 5.19. The lowest BCUT2D eigenvalue weighted by molar-refractivity contribution is 1.07. The number of hydrogen-bond acceptors (Lipinski definition) is 4. The maximum Gasteiger partial charge on any atom is 0.164 e. The molecule has 0 atom stereocenters. The van der Waals surface area contributed by atoms with E-state index in [1.165, 1.54) is 27.4 Å². The summed E-state index contributed by atoms with van der Waals surface area (Å²) in [7, 11) is 0. The molecule has 0 spiro atoms. The summed E-state index contributed by atoms with van der Waals surface area (Å²) in [4.78, 5) is 19.7. The fourth-order valence-electron chi connectivity index (χ4n) is 8.09. The highest BCUT2D eigenvalue weighted by Crippen LogP contribution is 2.41. The Balaban J connectivity index is 1.04. The van der Waals surface area contributed by atoms with Crippen LogP contribution in [-0.4, -0.2) is 29.1 Å². The summed E-state index contributed by atoms with van der Waals surface area (Å²) in [5.74, 6) is 1.91. The van der Waals surface area contributed by atoms with Crippen molar-refractivity contribution in [1.29, 1.82) is 0 Å². The molecule has 56 heavy (non-hydrogen) atoms. The minimum absolute atomic E-state index is 0.626. The van der Waals surface area contributed by atoms with Gasteiger partial charge in [-0.05, 0) is 83.9 Å². The van der Waals surface area contributed by atoms with Crippen molar-refractivity contribution in [2.45, 2.75) is 0 Å². The summed E-state index contributed by atoms with van der Waals surface area (Å²) in [6, 6.07) is 65.5. The molecule has 6 heteroatoms. The Bertz CT molecular complexity index is 3160. The summed E-state index contributed by atoms with van der Waals surface area (Å²) in [5.41, 5.74) is 12.8. The van der Waals surface area contributed by atoms with Gasteiger partial charge in [0.15, 0.2) is 17.5 Å². The van der Waals surface area contributed by atoms with Gasteiger partial charge in [-0.2, -0.15) is 0 Å². The van der Waals surface area contributed by atoms with Gasteiger partial charge in [-0.25, -0.2) is 15.0 Å². The van der Waals surface area contributed by atoms with E-state index in [1.54, 1.807) is 0 Å². The van der Waals surface area contributed by atoms with Crippen LogP contribution in [-0.2, 0) is 0 Å². The van der Waals surface area contributed by atoms with Crippen molar-refractivity contribution in [3.63, 3.8) is 0 Å². The number of benzene rings is 7. The van der Waals surface area contributed by atoms with E-state index < -0.39 is 0 Å². The van der Waals surface area contributed by atoms with Gasteiger partial charge in [0.25, 0.3) is 0 Å². The van der Waals surface area contributed by atoms with Crippen LogP contribution >= 0.6 is 0 Å². The second kappa shape index (κ2) is 13.0. The minimum atomic E-state index is 0.626. The first-order valence-electron chi connectivity index (χ1n) is 18.7. The van der Waals surface area contributed by atoms with Gasteiger partial charge in [0.2, 0.25) is 0 Å². The van der Waals surface area contributed by atoms with Crippen LogP contribution in [0.1, 0.15) is 0 Å². The van der Waals surface area contributed by atoms with Crippen molar-refractivity contribution in [3.05, 3.63) is 194 Å². The Morgan fingerprint density at radius 2 is 0.857 bits per heavy atom. The van der Waals surface area contributed by atoms with Crippen LogP contribution < -0.4 is 0 Å². The zero-order valence-electron chi connectivity index (χ0n) is 30.2. The Kier molecular flexibility index (Phi) is 7.38. The molecule has 0 fully saturated rings. The van der Waals surface area contributed by atoms with E-state index in [2.05, 4.69) is 130 Å². The lowest BCUT2D eigenvalue weighted by Gasteiger charge is -2.11. The van der Waals surface area contributed by atoms with E-state index >= 15 is 0 Å². The molecule has 7 aromatic carbocycles. The molecule has 0 unspecified atom stereocenters. The summed E-state index contributed by atoms with van der Waals surface area (Å²) in [5, 5.41) is 3.57. The van der Waals surface area contributed by atoms with E-state index in [9.17, 15) is 0 Å². The van der Waals surface area contributed by atoms with Gasteiger partial charge in [0.05, 0.1) is 27.6 Å². The molecule has 4 heterocycles. The quantitative estimate of drug-likeness (QED) is 0.172. The summed E-state index contributed by atoms with van der Waals surface area (Å²) in [6.07, 6.45) is 1.88. The molecular formula is C50H32N6. The van der Waals surface area contributed by atoms with Crippen LogP contribution in [0.5, 0.6) is 0 Å². The zero-order chi connectivity index (χ0) is 37.0. The fraction of sp³-hybridized carbons (Fsp3) is 0. The topological polar surface area (TPSA) is 61.4 Å². The van der Waals surface area contributed by atoms with Crippen molar-refractivity contribution in [2.24, 2.45) is 0 Å². The van der Waals surface area contributed by atoms with Gasteiger partial charge >= 0.3 is 0 Å². The van der Waals surface area contributed by atoms with Gasteiger partial charge in [0.1, 0.15) is 0 Å². The van der Waals surface area contributed by atoms with Crippen molar-refractivity contribution in [1.82, 2.24) is 29.1 Å². The number of para-hydroxylation sites is 2. The Morgan fingerprint density at radius 3 is 1.55 bits per heavy atom. The lowest BCUT2D eigenvalue weighted by atomic mass is 9.98. The van der Waals surface area contributed by atoms with E-state index in [-0.39, 0.29) is 0 Å². The number of pyridine rings is 1. The normalized spacial score (nSPS) is 11.6. The van der Waals surface area contributed by atoms with E-state index in [0.717, 1.165) is 55.6 Å². The summed E-state index contributed by atoms with van der Waals surface area (Å²) in [6.45, 7) is 0. The third-order valence-electron chi connectivity index (χ3n) is 10.6. The van der Waals surface area contributed by atoms with Crippen molar-refractivity contribution < 1.29 is 0 Å². The number of rotatable bonds is 6. The van der Waals surface area contributed by atoms with Crippen LogP contribution in [0, 0.1) is 0 Å². The average Bonchev–Trinajstić information content (AvgIpc) is 3.80. The van der Waals surface area contributed by atoms with E-state index in [0.29, 0.717) is 17.5 Å². The number of aromatic nitrogens is 6. The van der Waals surface area contributed by atoms with Crippen LogP contribution in [0.25, 0.3) is 100 Å². The number of hydrogen-bond donors (Lipinski definition) is 0.